The number of hydrogen-bond acceptors (Lipinski definition) is 2. The molecule has 3 aromatic rings. The van der Waals surface area contributed by atoms with Gasteiger partial charge in [0.2, 0.25) is 0 Å². The Kier molecular flexibility index (Phi) is 3.62. The van der Waals surface area contributed by atoms with Gasteiger partial charge in [-0.2, -0.15) is 5.10 Å². The van der Waals surface area contributed by atoms with Crippen LogP contribution in [0.1, 0.15) is 24.0 Å². The van der Waals surface area contributed by atoms with E-state index < -0.39 is 0 Å². The minimum atomic E-state index is 1.01. The summed E-state index contributed by atoms with van der Waals surface area (Å²) in [5.74, 6) is 1.16. The largest absolute Gasteiger partial charge is 0.370 e. The van der Waals surface area contributed by atoms with Crippen LogP contribution in [0.25, 0.3) is 16.9 Å². The van der Waals surface area contributed by atoms with Crippen molar-refractivity contribution in [1.82, 2.24) is 9.78 Å². The van der Waals surface area contributed by atoms with Crippen LogP contribution in [0.15, 0.2) is 54.6 Å². The highest BCUT2D eigenvalue weighted by atomic mass is 15.3. The standard InChI is InChI=1S/C20H21N3/c1-15-9-5-6-13-18(15)23-20-17(12-7-8-14-21-20)19(22-23)16-10-3-2-4-11-16/h2-6,9-11,13,21H,7-8,12,14H2,1H3. The first-order chi connectivity index (χ1) is 11.3. The normalized spacial score (nSPS) is 14.0. The average molecular weight is 303 g/mol. The number of aromatic nitrogens is 2. The number of para-hydroxylation sites is 1. The van der Waals surface area contributed by atoms with Crippen LogP contribution in [-0.2, 0) is 6.42 Å². The SMILES string of the molecule is Cc1ccccc1-n1nc(-c2ccccc2)c2c1NCCCC2. The second-order valence-electron chi connectivity index (χ2n) is 6.12. The Labute approximate surface area is 137 Å². The van der Waals surface area contributed by atoms with Crippen LogP contribution in [0, 0.1) is 6.92 Å². The third kappa shape index (κ3) is 2.52. The maximum absolute atomic E-state index is 4.99. The summed E-state index contributed by atoms with van der Waals surface area (Å²) in [4.78, 5) is 0. The lowest BCUT2D eigenvalue weighted by Gasteiger charge is -2.11. The van der Waals surface area contributed by atoms with Gasteiger partial charge in [-0.25, -0.2) is 4.68 Å². The summed E-state index contributed by atoms with van der Waals surface area (Å²) in [7, 11) is 0. The van der Waals surface area contributed by atoms with E-state index >= 15 is 0 Å². The van der Waals surface area contributed by atoms with Crippen LogP contribution in [0.2, 0.25) is 0 Å². The Balaban J connectivity index is 1.94. The number of aryl methyl sites for hydroxylation is 1. The zero-order valence-corrected chi connectivity index (χ0v) is 13.4. The number of anilines is 1. The second kappa shape index (κ2) is 5.92. The molecular formula is C20H21N3. The molecular weight excluding hydrogens is 282 g/mol. The first-order valence-electron chi connectivity index (χ1n) is 8.32. The van der Waals surface area contributed by atoms with Gasteiger partial charge in [-0.05, 0) is 37.8 Å². The Bertz CT molecular complexity index is 818. The van der Waals surface area contributed by atoms with E-state index in [4.69, 9.17) is 5.10 Å². The molecule has 1 aliphatic heterocycles. The molecule has 23 heavy (non-hydrogen) atoms. The zero-order chi connectivity index (χ0) is 15.6. The van der Waals surface area contributed by atoms with Crippen molar-refractivity contribution < 1.29 is 0 Å². The fourth-order valence-corrected chi connectivity index (χ4v) is 3.31. The molecule has 0 spiro atoms. The molecule has 1 aromatic heterocycles. The predicted octanol–water partition coefficient (Wildman–Crippen LogP) is 4.60. The van der Waals surface area contributed by atoms with E-state index in [1.165, 1.54) is 29.5 Å². The van der Waals surface area contributed by atoms with Gasteiger partial charge in [0.1, 0.15) is 5.82 Å². The summed E-state index contributed by atoms with van der Waals surface area (Å²) in [6.45, 7) is 3.15. The molecule has 2 heterocycles. The van der Waals surface area contributed by atoms with Crippen LogP contribution in [0.5, 0.6) is 0 Å². The van der Waals surface area contributed by atoms with Gasteiger partial charge in [0, 0.05) is 17.7 Å². The highest BCUT2D eigenvalue weighted by Gasteiger charge is 2.21. The van der Waals surface area contributed by atoms with E-state index in [1.54, 1.807) is 0 Å². The molecule has 0 saturated carbocycles. The highest BCUT2D eigenvalue weighted by molar-refractivity contribution is 5.71. The maximum Gasteiger partial charge on any atom is 0.133 e. The molecule has 116 valence electrons. The molecule has 0 bridgehead atoms. The average Bonchev–Trinajstić information content (AvgIpc) is 2.78. The quantitative estimate of drug-likeness (QED) is 0.750. The van der Waals surface area contributed by atoms with Crippen molar-refractivity contribution in [1.29, 1.82) is 0 Å². The fourth-order valence-electron chi connectivity index (χ4n) is 3.31. The number of hydrogen-bond donors (Lipinski definition) is 1. The van der Waals surface area contributed by atoms with Gasteiger partial charge < -0.3 is 5.32 Å². The number of rotatable bonds is 2. The van der Waals surface area contributed by atoms with Crippen LogP contribution >= 0.6 is 0 Å². The molecule has 3 heteroatoms. The summed E-state index contributed by atoms with van der Waals surface area (Å²) in [5, 5.41) is 8.60. The lowest BCUT2D eigenvalue weighted by molar-refractivity contribution is 0.779. The van der Waals surface area contributed by atoms with Gasteiger partial charge in [0.05, 0.1) is 11.4 Å². The summed E-state index contributed by atoms with van der Waals surface area (Å²) in [6, 6.07) is 19.0. The number of benzene rings is 2. The number of fused-ring (bicyclic) bond motifs is 1. The van der Waals surface area contributed by atoms with Crippen molar-refractivity contribution in [2.75, 3.05) is 11.9 Å². The van der Waals surface area contributed by atoms with Gasteiger partial charge in [0.25, 0.3) is 0 Å². The van der Waals surface area contributed by atoms with Gasteiger partial charge in [-0.15, -0.1) is 0 Å². The smallest absolute Gasteiger partial charge is 0.133 e. The minimum absolute atomic E-state index is 1.01. The predicted molar refractivity (Wildman–Crippen MR) is 95.2 cm³/mol. The topological polar surface area (TPSA) is 29.9 Å². The summed E-state index contributed by atoms with van der Waals surface area (Å²) in [6.07, 6.45) is 3.49. The van der Waals surface area contributed by atoms with Crippen LogP contribution in [0.3, 0.4) is 0 Å². The minimum Gasteiger partial charge on any atom is -0.370 e. The van der Waals surface area contributed by atoms with Crippen LogP contribution in [-0.4, -0.2) is 16.3 Å². The van der Waals surface area contributed by atoms with Gasteiger partial charge in [-0.3, -0.25) is 0 Å². The van der Waals surface area contributed by atoms with Gasteiger partial charge in [0.15, 0.2) is 0 Å². The highest BCUT2D eigenvalue weighted by Crippen LogP contribution is 2.34. The van der Waals surface area contributed by atoms with Crippen LogP contribution < -0.4 is 5.32 Å². The van der Waals surface area contributed by atoms with E-state index in [0.717, 1.165) is 30.2 Å². The van der Waals surface area contributed by atoms with Crippen LogP contribution in [0.4, 0.5) is 5.82 Å². The molecule has 1 N–H and O–H groups in total. The molecule has 0 atom stereocenters. The molecule has 0 fully saturated rings. The molecule has 0 saturated heterocycles. The second-order valence-corrected chi connectivity index (χ2v) is 6.12. The summed E-state index contributed by atoms with van der Waals surface area (Å²) >= 11 is 0. The van der Waals surface area contributed by atoms with Crippen molar-refractivity contribution in [3.63, 3.8) is 0 Å². The van der Waals surface area contributed by atoms with E-state index in [9.17, 15) is 0 Å². The maximum atomic E-state index is 4.99. The van der Waals surface area contributed by atoms with E-state index in [1.807, 2.05) is 0 Å². The van der Waals surface area contributed by atoms with E-state index in [2.05, 4.69) is 71.5 Å². The Morgan fingerprint density at radius 2 is 1.74 bits per heavy atom. The Morgan fingerprint density at radius 1 is 0.957 bits per heavy atom. The fraction of sp³-hybridized carbons (Fsp3) is 0.250. The molecule has 0 unspecified atom stereocenters. The lowest BCUT2D eigenvalue weighted by Crippen LogP contribution is -2.08. The molecule has 0 radical (unpaired) electrons. The zero-order valence-electron chi connectivity index (χ0n) is 13.4. The molecule has 0 amide bonds. The monoisotopic (exact) mass is 303 g/mol. The van der Waals surface area contributed by atoms with E-state index in [-0.39, 0.29) is 0 Å². The molecule has 0 aliphatic carbocycles. The van der Waals surface area contributed by atoms with E-state index in [0.29, 0.717) is 0 Å². The summed E-state index contributed by atoms with van der Waals surface area (Å²) < 4.78 is 2.10. The van der Waals surface area contributed by atoms with Crippen molar-refractivity contribution in [3.8, 4) is 16.9 Å². The van der Waals surface area contributed by atoms with Crippen molar-refractivity contribution in [2.45, 2.75) is 26.2 Å². The third-order valence-electron chi connectivity index (χ3n) is 4.52. The molecule has 4 rings (SSSR count). The summed E-state index contributed by atoms with van der Waals surface area (Å²) in [5.41, 5.74) is 6.04. The lowest BCUT2D eigenvalue weighted by atomic mass is 10.0. The van der Waals surface area contributed by atoms with Gasteiger partial charge in [-0.1, -0.05) is 48.5 Å². The molecule has 2 aromatic carbocycles. The number of nitrogens with one attached hydrogen (secondary N) is 1. The molecule has 1 aliphatic rings. The first-order valence-corrected chi connectivity index (χ1v) is 8.32. The van der Waals surface area contributed by atoms with Crippen molar-refractivity contribution in [2.24, 2.45) is 0 Å². The van der Waals surface area contributed by atoms with Crippen molar-refractivity contribution >= 4 is 5.82 Å². The first kappa shape index (κ1) is 14.1. The Morgan fingerprint density at radius 3 is 2.57 bits per heavy atom. The van der Waals surface area contributed by atoms with Gasteiger partial charge >= 0.3 is 0 Å². The molecule has 3 nitrogen and oxygen atoms in total. The number of nitrogens with zero attached hydrogens (tertiary/aromatic N) is 2. The Hall–Kier alpha value is -2.55. The van der Waals surface area contributed by atoms with Crippen molar-refractivity contribution in [3.05, 3.63) is 65.7 Å². The third-order valence-corrected chi connectivity index (χ3v) is 4.52.